The van der Waals surface area contributed by atoms with Crippen LogP contribution >= 0.6 is 0 Å². The number of allylic oxidation sites excluding steroid dienone is 2. The second-order valence-electron chi connectivity index (χ2n) is 10.1. The molecule has 2 aliphatic rings. The number of hydrogen-bond donors (Lipinski definition) is 0. The van der Waals surface area contributed by atoms with Crippen LogP contribution in [0.15, 0.2) is 54.2 Å². The van der Waals surface area contributed by atoms with Crippen molar-refractivity contribution in [3.8, 4) is 28.7 Å². The molecule has 0 radical (unpaired) electrons. The minimum Gasteiger partial charge on any atom is -0.293 e. The zero-order valence-corrected chi connectivity index (χ0v) is 21.5. The highest BCUT2D eigenvalue weighted by Crippen LogP contribution is 2.51. The minimum atomic E-state index is -3.32. The van der Waals surface area contributed by atoms with Gasteiger partial charge < -0.3 is 0 Å². The summed E-state index contributed by atoms with van der Waals surface area (Å²) in [6.07, 6.45) is 5.58. The molecule has 0 N–H and O–H groups in total. The molecule has 0 spiro atoms. The van der Waals surface area contributed by atoms with E-state index in [1.54, 1.807) is 36.4 Å². The first-order valence-electron chi connectivity index (χ1n) is 12.0. The first kappa shape index (κ1) is 24.9. The van der Waals surface area contributed by atoms with Gasteiger partial charge >= 0.3 is 0 Å². The molecular formula is C28H25FN4O3S. The Balaban J connectivity index is 1.79. The van der Waals surface area contributed by atoms with Gasteiger partial charge in [0.05, 0.1) is 28.4 Å². The molecule has 0 saturated heterocycles. The van der Waals surface area contributed by atoms with Gasteiger partial charge in [-0.3, -0.25) is 9.78 Å². The van der Waals surface area contributed by atoms with E-state index in [2.05, 4.69) is 4.98 Å². The third kappa shape index (κ3) is 4.36. The number of benzene rings is 1. The molecule has 2 heterocycles. The van der Waals surface area contributed by atoms with Crippen molar-refractivity contribution in [3.05, 3.63) is 77.0 Å². The highest BCUT2D eigenvalue weighted by Gasteiger charge is 2.49. The predicted octanol–water partition coefficient (Wildman–Crippen LogP) is 4.38. The SMILES string of the molecule is CC1C(=O)C(C#N)=C[C@@]2(C)c3nc(-c4ccnc(CS(C)(=O)=O)c4)nc(-c4ccccc4F)c3CCC12. The van der Waals surface area contributed by atoms with E-state index in [0.29, 0.717) is 46.9 Å². The van der Waals surface area contributed by atoms with E-state index in [1.165, 1.54) is 12.3 Å². The summed E-state index contributed by atoms with van der Waals surface area (Å²) in [6.45, 7) is 3.82. The molecule has 2 aliphatic carbocycles. The molecule has 9 heteroatoms. The van der Waals surface area contributed by atoms with E-state index in [9.17, 15) is 18.5 Å². The number of Topliss-reactive ketones (excluding diaryl/α,β-unsaturated/α-hetero) is 1. The maximum atomic E-state index is 15.1. The summed E-state index contributed by atoms with van der Waals surface area (Å²) in [6, 6.07) is 11.8. The zero-order valence-electron chi connectivity index (χ0n) is 20.7. The van der Waals surface area contributed by atoms with E-state index in [4.69, 9.17) is 9.97 Å². The molecule has 0 amide bonds. The average molecular weight is 517 g/mol. The van der Waals surface area contributed by atoms with Gasteiger partial charge in [-0.1, -0.05) is 32.1 Å². The minimum absolute atomic E-state index is 0.0842. The molecule has 0 bridgehead atoms. The van der Waals surface area contributed by atoms with Crippen LogP contribution in [0.3, 0.4) is 0 Å². The first-order valence-corrected chi connectivity index (χ1v) is 14.0. The molecule has 188 valence electrons. The Hall–Kier alpha value is -3.77. The number of nitriles is 1. The summed E-state index contributed by atoms with van der Waals surface area (Å²) in [7, 11) is -3.32. The average Bonchev–Trinajstić information content (AvgIpc) is 2.85. The largest absolute Gasteiger partial charge is 0.293 e. The molecule has 37 heavy (non-hydrogen) atoms. The highest BCUT2D eigenvalue weighted by molar-refractivity contribution is 7.89. The molecular weight excluding hydrogens is 491 g/mol. The Morgan fingerprint density at radius 2 is 1.97 bits per heavy atom. The Morgan fingerprint density at radius 1 is 1.22 bits per heavy atom. The van der Waals surface area contributed by atoms with Crippen molar-refractivity contribution in [2.75, 3.05) is 6.26 Å². The van der Waals surface area contributed by atoms with Crippen molar-refractivity contribution in [2.24, 2.45) is 11.8 Å². The summed E-state index contributed by atoms with van der Waals surface area (Å²) in [4.78, 5) is 26.7. The van der Waals surface area contributed by atoms with E-state index in [-0.39, 0.29) is 28.9 Å². The molecule has 2 unspecified atom stereocenters. The van der Waals surface area contributed by atoms with E-state index >= 15 is 4.39 Å². The summed E-state index contributed by atoms with van der Waals surface area (Å²) in [5.41, 5.74) is 2.48. The van der Waals surface area contributed by atoms with Gasteiger partial charge in [-0.2, -0.15) is 5.26 Å². The number of halogens is 1. The smallest absolute Gasteiger partial charge is 0.176 e. The van der Waals surface area contributed by atoms with E-state index in [1.807, 2.05) is 19.9 Å². The van der Waals surface area contributed by atoms with Crippen molar-refractivity contribution >= 4 is 15.6 Å². The van der Waals surface area contributed by atoms with Gasteiger partial charge in [-0.25, -0.2) is 22.8 Å². The van der Waals surface area contributed by atoms with Crippen molar-refractivity contribution < 1.29 is 17.6 Å². The predicted molar refractivity (Wildman–Crippen MR) is 136 cm³/mol. The quantitative estimate of drug-likeness (QED) is 0.506. The van der Waals surface area contributed by atoms with Crippen LogP contribution in [-0.2, 0) is 32.2 Å². The second kappa shape index (κ2) is 8.96. The van der Waals surface area contributed by atoms with Gasteiger partial charge in [-0.15, -0.1) is 0 Å². The fraction of sp³-hybridized carbons (Fsp3) is 0.321. The molecule has 0 saturated carbocycles. The molecule has 7 nitrogen and oxygen atoms in total. The van der Waals surface area contributed by atoms with Crippen molar-refractivity contribution in [1.82, 2.24) is 15.0 Å². The molecule has 5 rings (SSSR count). The van der Waals surface area contributed by atoms with Gasteiger partial charge in [0, 0.05) is 40.5 Å². The van der Waals surface area contributed by atoms with Crippen molar-refractivity contribution in [2.45, 2.75) is 37.9 Å². The van der Waals surface area contributed by atoms with Crippen LogP contribution in [0.25, 0.3) is 22.6 Å². The normalized spacial score (nSPS) is 23.0. The number of rotatable bonds is 4. The number of fused-ring (bicyclic) bond motifs is 3. The Labute approximate surface area is 215 Å². The Bertz CT molecular complexity index is 1630. The third-order valence-electron chi connectivity index (χ3n) is 7.45. The van der Waals surface area contributed by atoms with E-state index in [0.717, 1.165) is 11.8 Å². The highest BCUT2D eigenvalue weighted by atomic mass is 32.2. The molecule has 0 fully saturated rings. The molecule has 3 atom stereocenters. The third-order valence-corrected chi connectivity index (χ3v) is 8.27. The van der Waals surface area contributed by atoms with Crippen LogP contribution < -0.4 is 0 Å². The lowest BCUT2D eigenvalue weighted by molar-refractivity contribution is -0.121. The first-order chi connectivity index (χ1) is 17.5. The number of nitrogens with zero attached hydrogens (tertiary/aromatic N) is 4. The Morgan fingerprint density at radius 3 is 2.68 bits per heavy atom. The zero-order chi connectivity index (χ0) is 26.5. The van der Waals surface area contributed by atoms with E-state index < -0.39 is 21.1 Å². The van der Waals surface area contributed by atoms with Crippen LogP contribution in [0.4, 0.5) is 4.39 Å². The number of pyridine rings is 1. The van der Waals surface area contributed by atoms with Crippen LogP contribution in [0, 0.1) is 29.0 Å². The molecule has 2 aromatic heterocycles. The number of hydrogen-bond acceptors (Lipinski definition) is 7. The molecule has 0 aliphatic heterocycles. The number of sulfone groups is 1. The van der Waals surface area contributed by atoms with Gasteiger partial charge in [0.25, 0.3) is 0 Å². The Kier molecular flexibility index (Phi) is 6.03. The number of ketones is 1. The fourth-order valence-corrected chi connectivity index (χ4v) is 6.44. The fourth-order valence-electron chi connectivity index (χ4n) is 5.74. The second-order valence-corrected chi connectivity index (χ2v) is 12.2. The van der Waals surface area contributed by atoms with Gasteiger partial charge in [0.15, 0.2) is 21.4 Å². The number of aromatic nitrogens is 3. The lowest BCUT2D eigenvalue weighted by atomic mass is 9.57. The summed E-state index contributed by atoms with van der Waals surface area (Å²) >= 11 is 0. The maximum absolute atomic E-state index is 15.1. The molecule has 1 aromatic carbocycles. The monoisotopic (exact) mass is 516 g/mol. The summed E-state index contributed by atoms with van der Waals surface area (Å²) < 4.78 is 38.8. The van der Waals surface area contributed by atoms with Crippen LogP contribution in [-0.4, -0.2) is 35.4 Å². The van der Waals surface area contributed by atoms with Crippen LogP contribution in [0.1, 0.15) is 37.2 Å². The van der Waals surface area contributed by atoms with Gasteiger partial charge in [0.1, 0.15) is 11.9 Å². The summed E-state index contributed by atoms with van der Waals surface area (Å²) in [5, 5.41) is 9.68. The standard InChI is InChI=1S/C28H25FN4O3S/c1-16-22-9-8-21-24(20-6-4-5-7-23(20)29)32-27(17-10-11-31-19(12-17)15-37(3,35)36)33-26(21)28(22,2)13-18(14-30)25(16)34/h4-7,10-13,16,22H,8-9,15H2,1-3H3/t16?,22?,28-/m1/s1. The maximum Gasteiger partial charge on any atom is 0.176 e. The van der Waals surface area contributed by atoms with Gasteiger partial charge in [0.2, 0.25) is 0 Å². The lowest BCUT2D eigenvalue weighted by Crippen LogP contribution is -2.46. The van der Waals surface area contributed by atoms with Crippen LogP contribution in [0.5, 0.6) is 0 Å². The molecule has 3 aromatic rings. The number of carbonyl (C=O) groups is 1. The topological polar surface area (TPSA) is 114 Å². The summed E-state index contributed by atoms with van der Waals surface area (Å²) in [5.74, 6) is -0.979. The van der Waals surface area contributed by atoms with Crippen LogP contribution in [0.2, 0.25) is 0 Å². The van der Waals surface area contributed by atoms with Crippen molar-refractivity contribution in [3.63, 3.8) is 0 Å². The van der Waals surface area contributed by atoms with Crippen molar-refractivity contribution in [1.29, 1.82) is 5.26 Å². The lowest BCUT2D eigenvalue weighted by Gasteiger charge is -2.45. The van der Waals surface area contributed by atoms with Gasteiger partial charge in [-0.05, 0) is 43.0 Å². The number of carbonyl (C=O) groups excluding carboxylic acids is 1.